The molecule has 17 heavy (non-hydrogen) atoms. The van der Waals surface area contributed by atoms with Crippen LogP contribution in [0.15, 0.2) is 0 Å². The van der Waals surface area contributed by atoms with Crippen LogP contribution in [0.1, 0.15) is 25.7 Å². The fourth-order valence-corrected chi connectivity index (χ4v) is 3.15. The van der Waals surface area contributed by atoms with Gasteiger partial charge in [-0.25, -0.2) is 0 Å². The molecule has 100 valence electrons. The van der Waals surface area contributed by atoms with Crippen molar-refractivity contribution in [2.24, 2.45) is 0 Å². The predicted octanol–water partition coefficient (Wildman–Crippen LogP) is 0.127. The van der Waals surface area contributed by atoms with Crippen LogP contribution in [0.5, 0.6) is 0 Å². The minimum Gasteiger partial charge on any atom is -0.395 e. The molecule has 4 heteroatoms. The molecule has 2 fully saturated rings. The molecule has 0 aromatic rings. The van der Waals surface area contributed by atoms with Crippen LogP contribution in [0.3, 0.4) is 0 Å². The maximum Gasteiger partial charge on any atom is 0.0585 e. The Morgan fingerprint density at radius 2 is 2.12 bits per heavy atom. The second kappa shape index (κ2) is 6.69. The third-order valence-corrected chi connectivity index (χ3v) is 4.31. The molecule has 4 nitrogen and oxygen atoms in total. The number of nitrogens with zero attached hydrogens (tertiary/aromatic N) is 2. The monoisotopic (exact) mass is 241 g/mol. The molecule has 0 saturated carbocycles. The average Bonchev–Trinajstić information content (AvgIpc) is 2.69. The standard InChI is InChI=1S/C13H27N3O/c1-14-12(11-17)5-9-15-6-3-8-16-7-2-4-13(16)10-15/h12-14,17H,2-11H2,1H3. The van der Waals surface area contributed by atoms with Crippen molar-refractivity contribution >= 4 is 0 Å². The second-order valence-corrected chi connectivity index (χ2v) is 5.44. The van der Waals surface area contributed by atoms with E-state index in [-0.39, 0.29) is 12.6 Å². The second-order valence-electron chi connectivity index (χ2n) is 5.44. The first-order valence-corrected chi connectivity index (χ1v) is 7.08. The molecule has 2 heterocycles. The van der Waals surface area contributed by atoms with Gasteiger partial charge in [0.2, 0.25) is 0 Å². The van der Waals surface area contributed by atoms with Crippen molar-refractivity contribution in [1.82, 2.24) is 15.1 Å². The average molecular weight is 241 g/mol. The van der Waals surface area contributed by atoms with Gasteiger partial charge in [0.15, 0.2) is 0 Å². The van der Waals surface area contributed by atoms with Crippen molar-refractivity contribution in [3.05, 3.63) is 0 Å². The van der Waals surface area contributed by atoms with Crippen molar-refractivity contribution in [2.75, 3.05) is 46.4 Å². The molecule has 0 aromatic carbocycles. The summed E-state index contributed by atoms with van der Waals surface area (Å²) in [4.78, 5) is 5.26. The number of fused-ring (bicyclic) bond motifs is 1. The van der Waals surface area contributed by atoms with E-state index in [1.54, 1.807) is 0 Å². The Hall–Kier alpha value is -0.160. The summed E-state index contributed by atoms with van der Waals surface area (Å²) in [7, 11) is 1.93. The van der Waals surface area contributed by atoms with Gasteiger partial charge in [0.1, 0.15) is 0 Å². The summed E-state index contributed by atoms with van der Waals surface area (Å²) >= 11 is 0. The summed E-state index contributed by atoms with van der Waals surface area (Å²) in [5, 5.41) is 12.3. The van der Waals surface area contributed by atoms with Gasteiger partial charge in [-0.2, -0.15) is 0 Å². The fraction of sp³-hybridized carbons (Fsp3) is 1.00. The largest absolute Gasteiger partial charge is 0.395 e. The summed E-state index contributed by atoms with van der Waals surface area (Å²) in [6.45, 7) is 6.44. The van der Waals surface area contributed by atoms with Crippen LogP contribution >= 0.6 is 0 Å². The number of aliphatic hydroxyl groups is 1. The van der Waals surface area contributed by atoms with Crippen molar-refractivity contribution in [2.45, 2.75) is 37.8 Å². The molecule has 2 N–H and O–H groups in total. The fourth-order valence-electron chi connectivity index (χ4n) is 3.15. The van der Waals surface area contributed by atoms with Gasteiger partial charge in [-0.3, -0.25) is 4.90 Å². The Balaban J connectivity index is 1.76. The van der Waals surface area contributed by atoms with E-state index in [1.165, 1.54) is 45.4 Å². The summed E-state index contributed by atoms with van der Waals surface area (Å²) in [5.41, 5.74) is 0. The molecule has 2 aliphatic rings. The van der Waals surface area contributed by atoms with Crippen molar-refractivity contribution in [3.63, 3.8) is 0 Å². The first-order chi connectivity index (χ1) is 8.33. The zero-order valence-corrected chi connectivity index (χ0v) is 11.1. The van der Waals surface area contributed by atoms with Gasteiger partial charge >= 0.3 is 0 Å². The zero-order chi connectivity index (χ0) is 12.1. The molecule has 0 aliphatic carbocycles. The zero-order valence-electron chi connectivity index (χ0n) is 11.1. The van der Waals surface area contributed by atoms with Gasteiger partial charge in [-0.15, -0.1) is 0 Å². The minimum absolute atomic E-state index is 0.250. The first kappa shape index (κ1) is 13.3. The van der Waals surface area contributed by atoms with E-state index in [2.05, 4.69) is 15.1 Å². The van der Waals surface area contributed by atoms with E-state index in [9.17, 15) is 5.11 Å². The third kappa shape index (κ3) is 3.65. The maximum atomic E-state index is 9.17. The minimum atomic E-state index is 0.250. The Kier molecular flexibility index (Phi) is 5.22. The Labute approximate surface area is 105 Å². The summed E-state index contributed by atoms with van der Waals surface area (Å²) in [6.07, 6.45) is 5.12. The molecular weight excluding hydrogens is 214 g/mol. The van der Waals surface area contributed by atoms with E-state index in [4.69, 9.17) is 0 Å². The lowest BCUT2D eigenvalue weighted by molar-refractivity contribution is 0.194. The Morgan fingerprint density at radius 1 is 1.29 bits per heavy atom. The van der Waals surface area contributed by atoms with Gasteiger partial charge in [-0.1, -0.05) is 0 Å². The van der Waals surface area contributed by atoms with Gasteiger partial charge in [-0.05, 0) is 58.9 Å². The molecule has 2 aliphatic heterocycles. The van der Waals surface area contributed by atoms with Crippen LogP contribution < -0.4 is 5.32 Å². The smallest absolute Gasteiger partial charge is 0.0585 e. The molecule has 0 spiro atoms. The van der Waals surface area contributed by atoms with Gasteiger partial charge in [0.25, 0.3) is 0 Å². The van der Waals surface area contributed by atoms with Gasteiger partial charge in [0, 0.05) is 18.6 Å². The van der Waals surface area contributed by atoms with E-state index in [1.807, 2.05) is 7.05 Å². The van der Waals surface area contributed by atoms with Crippen molar-refractivity contribution < 1.29 is 5.11 Å². The highest BCUT2D eigenvalue weighted by molar-refractivity contribution is 4.85. The predicted molar refractivity (Wildman–Crippen MR) is 70.2 cm³/mol. The van der Waals surface area contributed by atoms with Gasteiger partial charge < -0.3 is 15.3 Å². The quantitative estimate of drug-likeness (QED) is 0.717. The van der Waals surface area contributed by atoms with E-state index < -0.39 is 0 Å². The molecule has 0 bridgehead atoms. The maximum absolute atomic E-state index is 9.17. The molecule has 0 amide bonds. The van der Waals surface area contributed by atoms with E-state index in [0.29, 0.717) is 0 Å². The van der Waals surface area contributed by atoms with Crippen LogP contribution in [0.25, 0.3) is 0 Å². The molecule has 2 unspecified atom stereocenters. The number of aliphatic hydroxyl groups excluding tert-OH is 1. The molecular formula is C13H27N3O. The number of likely N-dealkylation sites (N-methyl/N-ethyl adjacent to an activating group) is 1. The summed E-state index contributed by atoms with van der Waals surface area (Å²) in [6, 6.07) is 1.07. The Morgan fingerprint density at radius 3 is 2.88 bits per heavy atom. The Bertz CT molecular complexity index is 221. The van der Waals surface area contributed by atoms with Crippen LogP contribution in [0.4, 0.5) is 0 Å². The van der Waals surface area contributed by atoms with Crippen LogP contribution in [-0.2, 0) is 0 Å². The molecule has 0 aromatic heterocycles. The molecule has 2 saturated heterocycles. The number of nitrogens with one attached hydrogen (secondary N) is 1. The SMILES string of the molecule is CNC(CO)CCN1CCCN2CCCC2C1. The van der Waals surface area contributed by atoms with Crippen LogP contribution in [-0.4, -0.2) is 73.4 Å². The first-order valence-electron chi connectivity index (χ1n) is 7.08. The topological polar surface area (TPSA) is 38.7 Å². The number of hydrogen-bond acceptors (Lipinski definition) is 4. The van der Waals surface area contributed by atoms with E-state index >= 15 is 0 Å². The lowest BCUT2D eigenvalue weighted by Gasteiger charge is -2.26. The van der Waals surface area contributed by atoms with Crippen LogP contribution in [0, 0.1) is 0 Å². The molecule has 2 atom stereocenters. The summed E-state index contributed by atoms with van der Waals surface area (Å²) in [5.74, 6) is 0. The normalized spacial score (nSPS) is 28.9. The van der Waals surface area contributed by atoms with Gasteiger partial charge in [0.05, 0.1) is 6.61 Å². The van der Waals surface area contributed by atoms with Crippen molar-refractivity contribution in [1.29, 1.82) is 0 Å². The number of rotatable bonds is 5. The lowest BCUT2D eigenvalue weighted by atomic mass is 10.2. The molecule has 0 radical (unpaired) electrons. The third-order valence-electron chi connectivity index (χ3n) is 4.31. The number of hydrogen-bond donors (Lipinski definition) is 2. The highest BCUT2D eigenvalue weighted by atomic mass is 16.3. The van der Waals surface area contributed by atoms with Crippen LogP contribution in [0.2, 0.25) is 0 Å². The van der Waals surface area contributed by atoms with E-state index in [0.717, 1.165) is 19.0 Å². The lowest BCUT2D eigenvalue weighted by Crippen LogP contribution is -2.39. The highest BCUT2D eigenvalue weighted by Crippen LogP contribution is 2.21. The highest BCUT2D eigenvalue weighted by Gasteiger charge is 2.28. The summed E-state index contributed by atoms with van der Waals surface area (Å²) < 4.78 is 0. The van der Waals surface area contributed by atoms with Crippen molar-refractivity contribution in [3.8, 4) is 0 Å². The molecule has 2 rings (SSSR count).